The Bertz CT molecular complexity index is 730. The molecule has 120 valence electrons. The molecule has 0 aromatic heterocycles. The maximum atomic E-state index is 12.4. The molecule has 6 heteroatoms. The van der Waals surface area contributed by atoms with Gasteiger partial charge in [-0.05, 0) is 36.4 Å². The Labute approximate surface area is 139 Å². The van der Waals surface area contributed by atoms with E-state index in [2.05, 4.69) is 5.32 Å². The SMILES string of the molecule is CCC(=O)Oc1cccc(C(=O)Nc2cc(Cl)ccc2OC)c1. The van der Waals surface area contributed by atoms with Crippen LogP contribution in [0.1, 0.15) is 23.7 Å². The predicted octanol–water partition coefficient (Wildman–Crippen LogP) is 3.92. The zero-order valence-electron chi connectivity index (χ0n) is 12.8. The standard InChI is InChI=1S/C17H16ClNO4/c1-3-16(20)23-13-6-4-5-11(9-13)17(21)19-14-10-12(18)7-8-15(14)22-2/h4-10H,3H2,1-2H3,(H,19,21). The molecular weight excluding hydrogens is 318 g/mol. The molecule has 0 saturated heterocycles. The molecule has 0 fully saturated rings. The lowest BCUT2D eigenvalue weighted by molar-refractivity contribution is -0.134. The summed E-state index contributed by atoms with van der Waals surface area (Å²) >= 11 is 5.94. The number of esters is 1. The van der Waals surface area contributed by atoms with Gasteiger partial charge in [0.15, 0.2) is 0 Å². The van der Waals surface area contributed by atoms with Gasteiger partial charge in [0, 0.05) is 17.0 Å². The Balaban J connectivity index is 2.19. The summed E-state index contributed by atoms with van der Waals surface area (Å²) in [6.45, 7) is 1.70. The highest BCUT2D eigenvalue weighted by Crippen LogP contribution is 2.28. The summed E-state index contributed by atoms with van der Waals surface area (Å²) in [6.07, 6.45) is 0.260. The molecule has 2 rings (SSSR count). The van der Waals surface area contributed by atoms with E-state index < -0.39 is 0 Å². The largest absolute Gasteiger partial charge is 0.495 e. The van der Waals surface area contributed by atoms with Gasteiger partial charge in [0.05, 0.1) is 12.8 Å². The lowest BCUT2D eigenvalue weighted by Gasteiger charge is -2.11. The molecule has 1 N–H and O–H groups in total. The first-order valence-corrected chi connectivity index (χ1v) is 7.37. The molecule has 5 nitrogen and oxygen atoms in total. The Morgan fingerprint density at radius 1 is 1.17 bits per heavy atom. The third kappa shape index (κ3) is 4.47. The maximum absolute atomic E-state index is 12.4. The van der Waals surface area contributed by atoms with Gasteiger partial charge >= 0.3 is 5.97 Å². The van der Waals surface area contributed by atoms with Gasteiger partial charge in [-0.3, -0.25) is 9.59 Å². The number of methoxy groups -OCH3 is 1. The normalized spacial score (nSPS) is 10.0. The summed E-state index contributed by atoms with van der Waals surface area (Å²) in [5.41, 5.74) is 0.814. The van der Waals surface area contributed by atoms with Gasteiger partial charge in [0.25, 0.3) is 5.91 Å². The van der Waals surface area contributed by atoms with E-state index in [1.54, 1.807) is 43.3 Å². The van der Waals surface area contributed by atoms with E-state index in [4.69, 9.17) is 21.1 Å². The van der Waals surface area contributed by atoms with Crippen LogP contribution in [0.4, 0.5) is 5.69 Å². The predicted molar refractivity (Wildman–Crippen MR) is 88.3 cm³/mol. The second kappa shape index (κ2) is 7.65. The van der Waals surface area contributed by atoms with Gasteiger partial charge in [-0.1, -0.05) is 24.6 Å². The Morgan fingerprint density at radius 2 is 1.96 bits per heavy atom. The van der Waals surface area contributed by atoms with Crippen molar-refractivity contribution in [3.05, 3.63) is 53.1 Å². The molecule has 0 aliphatic heterocycles. The quantitative estimate of drug-likeness (QED) is 0.665. The number of anilines is 1. The fourth-order valence-corrected chi connectivity index (χ4v) is 2.05. The zero-order chi connectivity index (χ0) is 16.8. The third-order valence-electron chi connectivity index (χ3n) is 3.03. The van der Waals surface area contributed by atoms with Crippen molar-refractivity contribution in [2.24, 2.45) is 0 Å². The fourth-order valence-electron chi connectivity index (χ4n) is 1.88. The Hall–Kier alpha value is -2.53. The first-order chi connectivity index (χ1) is 11.0. The highest BCUT2D eigenvalue weighted by Gasteiger charge is 2.12. The number of halogens is 1. The van der Waals surface area contributed by atoms with E-state index in [-0.39, 0.29) is 18.3 Å². The van der Waals surface area contributed by atoms with Crippen LogP contribution < -0.4 is 14.8 Å². The summed E-state index contributed by atoms with van der Waals surface area (Å²) in [6, 6.07) is 11.3. The first-order valence-electron chi connectivity index (χ1n) is 6.99. The highest BCUT2D eigenvalue weighted by atomic mass is 35.5. The molecule has 0 heterocycles. The third-order valence-corrected chi connectivity index (χ3v) is 3.26. The van der Waals surface area contributed by atoms with Crippen molar-refractivity contribution in [2.75, 3.05) is 12.4 Å². The molecule has 0 bridgehead atoms. The highest BCUT2D eigenvalue weighted by molar-refractivity contribution is 6.31. The fraction of sp³-hybridized carbons (Fsp3) is 0.176. The molecule has 1 amide bonds. The van der Waals surface area contributed by atoms with Crippen LogP contribution in [0.5, 0.6) is 11.5 Å². The molecular formula is C17H16ClNO4. The van der Waals surface area contributed by atoms with Gasteiger partial charge in [-0.15, -0.1) is 0 Å². The van der Waals surface area contributed by atoms with Crippen molar-refractivity contribution in [1.29, 1.82) is 0 Å². The van der Waals surface area contributed by atoms with Crippen molar-refractivity contribution in [3.8, 4) is 11.5 Å². The lowest BCUT2D eigenvalue weighted by Crippen LogP contribution is -2.13. The maximum Gasteiger partial charge on any atom is 0.310 e. The molecule has 0 unspecified atom stereocenters. The number of amides is 1. The van der Waals surface area contributed by atoms with Crippen LogP contribution in [0, 0.1) is 0 Å². The number of ether oxygens (including phenoxy) is 2. The van der Waals surface area contributed by atoms with Crippen molar-refractivity contribution in [3.63, 3.8) is 0 Å². The molecule has 23 heavy (non-hydrogen) atoms. The Kier molecular flexibility index (Phi) is 5.60. The molecule has 2 aromatic rings. The number of nitrogens with one attached hydrogen (secondary N) is 1. The van der Waals surface area contributed by atoms with Crippen molar-refractivity contribution < 1.29 is 19.1 Å². The van der Waals surface area contributed by atoms with Gasteiger partial charge < -0.3 is 14.8 Å². The summed E-state index contributed by atoms with van der Waals surface area (Å²) in [7, 11) is 1.50. The van der Waals surface area contributed by atoms with Crippen molar-refractivity contribution in [1.82, 2.24) is 0 Å². The van der Waals surface area contributed by atoms with Gasteiger partial charge in [-0.2, -0.15) is 0 Å². The van der Waals surface area contributed by atoms with E-state index in [0.29, 0.717) is 27.8 Å². The Morgan fingerprint density at radius 3 is 2.65 bits per heavy atom. The average Bonchev–Trinajstić information content (AvgIpc) is 2.55. The summed E-state index contributed by atoms with van der Waals surface area (Å²) in [5.74, 6) is 0.0953. The monoisotopic (exact) mass is 333 g/mol. The topological polar surface area (TPSA) is 64.6 Å². The molecule has 0 spiro atoms. The second-order valence-corrected chi connectivity index (χ2v) is 5.09. The van der Waals surface area contributed by atoms with Crippen LogP contribution in [-0.2, 0) is 4.79 Å². The minimum atomic E-state index is -0.362. The number of rotatable bonds is 5. The minimum absolute atomic E-state index is 0.260. The van der Waals surface area contributed by atoms with Crippen LogP contribution >= 0.6 is 11.6 Å². The zero-order valence-corrected chi connectivity index (χ0v) is 13.5. The molecule has 0 saturated carbocycles. The van der Waals surface area contributed by atoms with Crippen LogP contribution in [0.2, 0.25) is 5.02 Å². The van der Waals surface area contributed by atoms with E-state index in [9.17, 15) is 9.59 Å². The van der Waals surface area contributed by atoms with E-state index in [0.717, 1.165) is 0 Å². The first kappa shape index (κ1) is 16.8. The lowest BCUT2D eigenvalue weighted by atomic mass is 10.2. The smallest absolute Gasteiger partial charge is 0.310 e. The van der Waals surface area contributed by atoms with Crippen molar-refractivity contribution in [2.45, 2.75) is 13.3 Å². The number of hydrogen-bond donors (Lipinski definition) is 1. The number of carbonyl (C=O) groups is 2. The van der Waals surface area contributed by atoms with Gasteiger partial charge in [-0.25, -0.2) is 0 Å². The molecule has 0 aliphatic carbocycles. The summed E-state index contributed by atoms with van der Waals surface area (Å²) < 4.78 is 10.3. The summed E-state index contributed by atoms with van der Waals surface area (Å²) in [5, 5.41) is 3.20. The van der Waals surface area contributed by atoms with Gasteiger partial charge in [0.1, 0.15) is 11.5 Å². The van der Waals surface area contributed by atoms with Crippen LogP contribution in [0.25, 0.3) is 0 Å². The van der Waals surface area contributed by atoms with E-state index in [1.165, 1.54) is 13.2 Å². The van der Waals surface area contributed by atoms with E-state index in [1.807, 2.05) is 0 Å². The van der Waals surface area contributed by atoms with Crippen molar-refractivity contribution >= 4 is 29.2 Å². The molecule has 0 radical (unpaired) electrons. The van der Waals surface area contributed by atoms with Crippen LogP contribution in [0.3, 0.4) is 0 Å². The number of hydrogen-bond acceptors (Lipinski definition) is 4. The minimum Gasteiger partial charge on any atom is -0.495 e. The number of carbonyl (C=O) groups excluding carboxylic acids is 2. The van der Waals surface area contributed by atoms with Crippen LogP contribution in [0.15, 0.2) is 42.5 Å². The summed E-state index contributed by atoms with van der Waals surface area (Å²) in [4.78, 5) is 23.7. The van der Waals surface area contributed by atoms with E-state index >= 15 is 0 Å². The average molecular weight is 334 g/mol. The van der Waals surface area contributed by atoms with Crippen LogP contribution in [-0.4, -0.2) is 19.0 Å². The second-order valence-electron chi connectivity index (χ2n) is 4.65. The molecule has 0 aliphatic rings. The molecule has 2 aromatic carbocycles. The molecule has 0 atom stereocenters. The van der Waals surface area contributed by atoms with Gasteiger partial charge in [0.2, 0.25) is 0 Å². The number of benzene rings is 2.